The zero-order valence-corrected chi connectivity index (χ0v) is 15.3. The van der Waals surface area contributed by atoms with Crippen molar-refractivity contribution in [1.29, 1.82) is 0 Å². The van der Waals surface area contributed by atoms with E-state index in [-0.39, 0.29) is 6.61 Å². The summed E-state index contributed by atoms with van der Waals surface area (Å²) in [5.41, 5.74) is 3.17. The van der Waals surface area contributed by atoms with Gasteiger partial charge in [-0.1, -0.05) is 41.4 Å². The summed E-state index contributed by atoms with van der Waals surface area (Å²) < 4.78 is 7.71. The molecule has 0 atom stereocenters. The Morgan fingerprint density at radius 1 is 1.23 bits per heavy atom. The number of fused-ring (bicyclic) bond motifs is 1. The van der Waals surface area contributed by atoms with Crippen molar-refractivity contribution in [3.8, 4) is 11.4 Å². The molecule has 0 amide bonds. The Labute approximate surface area is 160 Å². The van der Waals surface area contributed by atoms with E-state index in [1.807, 2.05) is 31.2 Å². The molecule has 0 aliphatic carbocycles. The van der Waals surface area contributed by atoms with Crippen LogP contribution in [0.25, 0.3) is 16.6 Å². The van der Waals surface area contributed by atoms with Gasteiger partial charge in [0.05, 0.1) is 10.7 Å². The number of benzene rings is 2. The number of hydrogen-bond donors (Lipinski definition) is 0. The smallest absolute Gasteiger partial charge is 0.146 e. The van der Waals surface area contributed by atoms with Gasteiger partial charge in [0.2, 0.25) is 0 Å². The Kier molecular flexibility index (Phi) is 4.49. The topological polar surface area (TPSA) is 52.8 Å². The molecule has 4 rings (SSSR count). The average molecular weight is 384 g/mol. The number of nitrogens with zero attached hydrogens (tertiary/aromatic N) is 4. The Hall–Kier alpha value is -2.63. The lowest BCUT2D eigenvalue weighted by Crippen LogP contribution is -2.02. The molecule has 0 fully saturated rings. The second-order valence-corrected chi connectivity index (χ2v) is 6.47. The predicted octanol–water partition coefficient (Wildman–Crippen LogP) is 4.81. The monoisotopic (exact) mass is 383 g/mol. The van der Waals surface area contributed by atoms with Crippen LogP contribution in [0.1, 0.15) is 11.3 Å². The van der Waals surface area contributed by atoms with Crippen LogP contribution in [0.2, 0.25) is 10.0 Å². The van der Waals surface area contributed by atoms with Crippen LogP contribution in [-0.2, 0) is 6.61 Å². The van der Waals surface area contributed by atoms with Gasteiger partial charge in [0.1, 0.15) is 30.5 Å². The lowest BCUT2D eigenvalue weighted by molar-refractivity contribution is 0.309. The van der Waals surface area contributed by atoms with Crippen LogP contribution in [0.3, 0.4) is 0 Å². The second kappa shape index (κ2) is 6.94. The Bertz CT molecular complexity index is 1060. The molecule has 0 saturated carbocycles. The van der Waals surface area contributed by atoms with Gasteiger partial charge in [-0.3, -0.25) is 0 Å². The Balaban J connectivity index is 1.77. The van der Waals surface area contributed by atoms with Crippen molar-refractivity contribution in [1.82, 2.24) is 19.7 Å². The van der Waals surface area contributed by atoms with E-state index >= 15 is 0 Å². The first-order valence-corrected chi connectivity index (χ1v) is 8.62. The molecule has 2 aromatic heterocycles. The molecular formula is C19H13Cl2N4O. The highest BCUT2D eigenvalue weighted by atomic mass is 35.5. The predicted molar refractivity (Wildman–Crippen MR) is 101 cm³/mol. The maximum absolute atomic E-state index is 6.21. The molecule has 2 heterocycles. The van der Waals surface area contributed by atoms with Gasteiger partial charge < -0.3 is 4.74 Å². The molecule has 0 aliphatic rings. The van der Waals surface area contributed by atoms with Gasteiger partial charge >= 0.3 is 0 Å². The number of para-hydroxylation sites is 1. The van der Waals surface area contributed by atoms with Crippen molar-refractivity contribution >= 4 is 34.1 Å². The average Bonchev–Trinajstić information content (AvgIpc) is 3.15. The maximum atomic E-state index is 6.21. The van der Waals surface area contributed by atoms with E-state index in [2.05, 4.69) is 21.1 Å². The normalized spacial score (nSPS) is 11.0. The maximum Gasteiger partial charge on any atom is 0.146 e. The molecule has 7 heteroatoms. The number of aryl methyl sites for hydroxylation is 1. The van der Waals surface area contributed by atoms with Crippen LogP contribution in [-0.4, -0.2) is 19.7 Å². The zero-order valence-electron chi connectivity index (χ0n) is 13.8. The molecule has 4 aromatic rings. The highest BCUT2D eigenvalue weighted by Crippen LogP contribution is 2.31. The second-order valence-electron chi connectivity index (χ2n) is 5.68. The minimum Gasteiger partial charge on any atom is -0.487 e. The minimum atomic E-state index is 0.225. The highest BCUT2D eigenvalue weighted by Gasteiger charge is 2.13. The first kappa shape index (κ1) is 16.8. The van der Waals surface area contributed by atoms with E-state index in [0.29, 0.717) is 21.4 Å². The van der Waals surface area contributed by atoms with Crippen molar-refractivity contribution in [2.24, 2.45) is 0 Å². The summed E-state index contributed by atoms with van der Waals surface area (Å²) in [6.45, 7) is 2.15. The molecule has 0 bridgehead atoms. The van der Waals surface area contributed by atoms with Gasteiger partial charge in [-0.25, -0.2) is 14.6 Å². The van der Waals surface area contributed by atoms with Gasteiger partial charge in [-0.2, -0.15) is 5.10 Å². The molecular weight excluding hydrogens is 371 g/mol. The van der Waals surface area contributed by atoms with E-state index in [0.717, 1.165) is 22.3 Å². The molecule has 0 N–H and O–H groups in total. The fraction of sp³-hybridized carbons (Fsp3) is 0.105. The molecule has 0 spiro atoms. The minimum absolute atomic E-state index is 0.225. The van der Waals surface area contributed by atoms with Crippen molar-refractivity contribution in [2.45, 2.75) is 13.5 Å². The molecule has 0 unspecified atom stereocenters. The number of ether oxygens (including phenoxy) is 1. The van der Waals surface area contributed by atoms with Crippen molar-refractivity contribution < 1.29 is 4.74 Å². The van der Waals surface area contributed by atoms with Crippen molar-refractivity contribution in [3.05, 3.63) is 76.4 Å². The summed E-state index contributed by atoms with van der Waals surface area (Å²) in [5, 5.41) is 6.13. The van der Waals surface area contributed by atoms with Crippen LogP contribution in [0.15, 0.2) is 49.1 Å². The molecule has 0 aliphatic heterocycles. The van der Waals surface area contributed by atoms with Gasteiger partial charge in [0, 0.05) is 27.7 Å². The van der Waals surface area contributed by atoms with E-state index in [1.54, 1.807) is 23.1 Å². The van der Waals surface area contributed by atoms with Crippen LogP contribution in [0.5, 0.6) is 5.75 Å². The standard InChI is InChI=1S/C19H13Cl2N4O/c1-12-8-17(25-11-22-10-23-25)13-4-2-7-18(19(13)24-12)26-9-14-15(20)5-3-6-16(14)21/h2-5,7-8,10-11H,9H2,1H3. The first-order valence-electron chi connectivity index (χ1n) is 7.86. The lowest BCUT2D eigenvalue weighted by atomic mass is 10.1. The largest absolute Gasteiger partial charge is 0.487 e. The van der Waals surface area contributed by atoms with E-state index in [9.17, 15) is 0 Å². The van der Waals surface area contributed by atoms with Crippen molar-refractivity contribution in [3.63, 3.8) is 0 Å². The summed E-state index contributed by atoms with van der Waals surface area (Å²) >= 11 is 12.4. The summed E-state index contributed by atoms with van der Waals surface area (Å²) in [5.74, 6) is 0.642. The summed E-state index contributed by atoms with van der Waals surface area (Å²) in [7, 11) is 0. The van der Waals surface area contributed by atoms with Crippen LogP contribution < -0.4 is 4.74 Å². The molecule has 2 aromatic carbocycles. The molecule has 0 saturated heterocycles. The third kappa shape index (κ3) is 3.11. The van der Waals surface area contributed by atoms with Gasteiger partial charge in [-0.15, -0.1) is 0 Å². The van der Waals surface area contributed by atoms with E-state index < -0.39 is 0 Å². The molecule has 26 heavy (non-hydrogen) atoms. The van der Waals surface area contributed by atoms with Crippen LogP contribution >= 0.6 is 23.2 Å². The fourth-order valence-electron chi connectivity index (χ4n) is 2.73. The van der Waals surface area contributed by atoms with Crippen LogP contribution in [0.4, 0.5) is 0 Å². The SMILES string of the molecule is Cc1cc(-n2cncn2)c2cccc(OCc3c(Cl)[c]ccc3Cl)c2n1. The number of pyridine rings is 1. The summed E-state index contributed by atoms with van der Waals surface area (Å²) in [4.78, 5) is 8.66. The molecule has 5 nitrogen and oxygen atoms in total. The number of rotatable bonds is 4. The molecule has 129 valence electrons. The number of aromatic nitrogens is 4. The van der Waals surface area contributed by atoms with E-state index in [4.69, 9.17) is 27.9 Å². The van der Waals surface area contributed by atoms with Crippen LogP contribution in [0, 0.1) is 13.0 Å². The number of halogens is 2. The zero-order chi connectivity index (χ0) is 18.1. The Morgan fingerprint density at radius 3 is 2.88 bits per heavy atom. The van der Waals surface area contributed by atoms with Gasteiger partial charge in [-0.05, 0) is 25.1 Å². The van der Waals surface area contributed by atoms with Crippen molar-refractivity contribution in [2.75, 3.05) is 0 Å². The number of hydrogen-bond acceptors (Lipinski definition) is 4. The third-order valence-electron chi connectivity index (χ3n) is 3.94. The molecule has 1 radical (unpaired) electrons. The van der Waals surface area contributed by atoms with Gasteiger partial charge in [0.15, 0.2) is 0 Å². The third-order valence-corrected chi connectivity index (χ3v) is 4.63. The first-order chi connectivity index (χ1) is 12.6. The van der Waals surface area contributed by atoms with Gasteiger partial charge in [0.25, 0.3) is 0 Å². The fourth-order valence-corrected chi connectivity index (χ4v) is 3.21. The summed E-state index contributed by atoms with van der Waals surface area (Å²) in [6, 6.07) is 14.1. The van der Waals surface area contributed by atoms with E-state index in [1.165, 1.54) is 6.33 Å². The quantitative estimate of drug-likeness (QED) is 0.507. The highest BCUT2D eigenvalue weighted by molar-refractivity contribution is 6.35. The summed E-state index contributed by atoms with van der Waals surface area (Å²) in [6.07, 6.45) is 3.15. The Morgan fingerprint density at radius 2 is 2.12 bits per heavy atom. The lowest BCUT2D eigenvalue weighted by Gasteiger charge is -2.13.